The van der Waals surface area contributed by atoms with Gasteiger partial charge in [-0.2, -0.15) is 0 Å². The van der Waals surface area contributed by atoms with E-state index in [1.165, 1.54) is 7.11 Å². The molecule has 2 amide bonds. The van der Waals surface area contributed by atoms with Gasteiger partial charge in [-0.05, 0) is 44.4 Å². The smallest absolute Gasteiger partial charge is 0.247 e. The van der Waals surface area contributed by atoms with Gasteiger partial charge in [0, 0.05) is 31.4 Å². The number of nitrogens with one attached hydrogen (secondary N) is 1. The Kier molecular flexibility index (Phi) is 9.53. The van der Waals surface area contributed by atoms with Gasteiger partial charge in [0.15, 0.2) is 11.5 Å². The quantitative estimate of drug-likeness (QED) is 0.342. The molecular formula is C28H37N5O5. The second kappa shape index (κ2) is 13.2. The third-order valence-electron chi connectivity index (χ3n) is 6.91. The van der Waals surface area contributed by atoms with Gasteiger partial charge in [-0.1, -0.05) is 42.3 Å². The predicted octanol–water partition coefficient (Wildman–Crippen LogP) is 3.50. The van der Waals surface area contributed by atoms with Gasteiger partial charge in [0.2, 0.25) is 11.8 Å². The molecule has 4 rings (SSSR count). The van der Waals surface area contributed by atoms with Crippen molar-refractivity contribution in [2.45, 2.75) is 57.7 Å². The zero-order valence-corrected chi connectivity index (χ0v) is 22.4. The molecule has 0 saturated heterocycles. The summed E-state index contributed by atoms with van der Waals surface area (Å²) >= 11 is 0. The van der Waals surface area contributed by atoms with Crippen LogP contribution >= 0.6 is 0 Å². The first-order valence-electron chi connectivity index (χ1n) is 13.2. The molecular weight excluding hydrogens is 486 g/mol. The summed E-state index contributed by atoms with van der Waals surface area (Å²) in [5.74, 6) is 0.424. The number of hydrogen-bond donors (Lipinski definition) is 1. The van der Waals surface area contributed by atoms with Crippen molar-refractivity contribution in [2.24, 2.45) is 0 Å². The predicted molar refractivity (Wildman–Crippen MR) is 143 cm³/mol. The Balaban J connectivity index is 1.72. The highest BCUT2D eigenvalue weighted by molar-refractivity contribution is 5.90. The molecule has 1 unspecified atom stereocenters. The fraction of sp³-hybridized carbons (Fsp3) is 0.500. The van der Waals surface area contributed by atoms with Crippen molar-refractivity contribution in [3.63, 3.8) is 0 Å². The van der Waals surface area contributed by atoms with Gasteiger partial charge < -0.3 is 24.4 Å². The summed E-state index contributed by atoms with van der Waals surface area (Å²) in [6.07, 6.45) is 4.58. The number of methoxy groups -OCH3 is 2. The first-order valence-corrected chi connectivity index (χ1v) is 13.2. The highest BCUT2D eigenvalue weighted by atomic mass is 16.5. The number of amides is 2. The molecule has 204 valence electrons. The van der Waals surface area contributed by atoms with Gasteiger partial charge in [-0.3, -0.25) is 9.59 Å². The minimum atomic E-state index is -0.926. The molecule has 1 fully saturated rings. The SMILES string of the molecule is CCOCCCN(C(=O)Cn1nnc2ccccc21)C(C(=O)NC1CCCC1)c1cccc(OC)c1OC. The van der Waals surface area contributed by atoms with E-state index in [9.17, 15) is 9.59 Å². The van der Waals surface area contributed by atoms with Gasteiger partial charge in [0.25, 0.3) is 0 Å². The third kappa shape index (κ3) is 6.24. The minimum Gasteiger partial charge on any atom is -0.493 e. The molecule has 1 saturated carbocycles. The summed E-state index contributed by atoms with van der Waals surface area (Å²) in [6, 6.07) is 12.0. The van der Waals surface area contributed by atoms with E-state index in [0.717, 1.165) is 31.2 Å². The normalized spacial score (nSPS) is 14.4. The van der Waals surface area contributed by atoms with Crippen LogP contribution in [-0.4, -0.2) is 71.7 Å². The molecule has 38 heavy (non-hydrogen) atoms. The fourth-order valence-electron chi connectivity index (χ4n) is 5.06. The van der Waals surface area contributed by atoms with Gasteiger partial charge >= 0.3 is 0 Å². The van der Waals surface area contributed by atoms with Crippen LogP contribution in [0, 0.1) is 0 Å². The van der Waals surface area contributed by atoms with Gasteiger partial charge in [-0.25, -0.2) is 4.68 Å². The molecule has 0 bridgehead atoms. The summed E-state index contributed by atoms with van der Waals surface area (Å²) in [4.78, 5) is 29.5. The monoisotopic (exact) mass is 523 g/mol. The number of carbonyl (C=O) groups excluding carboxylic acids is 2. The van der Waals surface area contributed by atoms with E-state index in [2.05, 4.69) is 15.6 Å². The lowest BCUT2D eigenvalue weighted by atomic mass is 10.0. The van der Waals surface area contributed by atoms with E-state index in [1.54, 1.807) is 28.8 Å². The maximum Gasteiger partial charge on any atom is 0.247 e. The largest absolute Gasteiger partial charge is 0.493 e. The number of nitrogens with zero attached hydrogens (tertiary/aromatic N) is 4. The van der Waals surface area contributed by atoms with Crippen molar-refractivity contribution in [1.29, 1.82) is 0 Å². The molecule has 1 atom stereocenters. The van der Waals surface area contributed by atoms with Crippen LogP contribution in [-0.2, 0) is 20.9 Å². The average molecular weight is 524 g/mol. The lowest BCUT2D eigenvalue weighted by molar-refractivity contribution is -0.142. The molecule has 1 N–H and O–H groups in total. The van der Waals surface area contributed by atoms with Crippen molar-refractivity contribution in [2.75, 3.05) is 34.0 Å². The van der Waals surface area contributed by atoms with E-state index in [0.29, 0.717) is 48.8 Å². The summed E-state index contributed by atoms with van der Waals surface area (Å²) < 4.78 is 18.4. The highest BCUT2D eigenvalue weighted by Crippen LogP contribution is 2.38. The first kappa shape index (κ1) is 27.4. The maximum absolute atomic E-state index is 14.0. The average Bonchev–Trinajstić information content (AvgIpc) is 3.60. The number of ether oxygens (including phenoxy) is 3. The van der Waals surface area contributed by atoms with Crippen LogP contribution in [0.1, 0.15) is 50.6 Å². The van der Waals surface area contributed by atoms with Crippen molar-refractivity contribution in [3.8, 4) is 11.5 Å². The molecule has 10 heteroatoms. The highest BCUT2D eigenvalue weighted by Gasteiger charge is 2.36. The van der Waals surface area contributed by atoms with Crippen molar-refractivity contribution < 1.29 is 23.8 Å². The van der Waals surface area contributed by atoms with Crippen molar-refractivity contribution in [1.82, 2.24) is 25.2 Å². The van der Waals surface area contributed by atoms with Gasteiger partial charge in [0.1, 0.15) is 18.1 Å². The zero-order valence-electron chi connectivity index (χ0n) is 22.4. The van der Waals surface area contributed by atoms with Crippen molar-refractivity contribution in [3.05, 3.63) is 48.0 Å². The van der Waals surface area contributed by atoms with Crippen LogP contribution < -0.4 is 14.8 Å². The van der Waals surface area contributed by atoms with Crippen molar-refractivity contribution >= 4 is 22.8 Å². The third-order valence-corrected chi connectivity index (χ3v) is 6.91. The standard InChI is InChI=1S/C28H37N5O5/c1-4-38-18-10-17-32(25(34)19-33-23-15-8-7-14-22(23)30-31-33)26(28(35)29-20-11-5-6-12-20)21-13-9-16-24(36-2)27(21)37-3/h7-9,13-16,20,26H,4-6,10-12,17-19H2,1-3H3,(H,29,35). The molecule has 0 radical (unpaired) electrons. The number of benzene rings is 2. The molecule has 1 heterocycles. The number of hydrogen-bond acceptors (Lipinski definition) is 7. The molecule has 0 aliphatic heterocycles. The van der Waals surface area contributed by atoms with E-state index in [1.807, 2.05) is 37.3 Å². The van der Waals surface area contributed by atoms with Crippen LogP contribution in [0.15, 0.2) is 42.5 Å². The van der Waals surface area contributed by atoms with Crippen LogP contribution in [0.25, 0.3) is 11.0 Å². The first-order chi connectivity index (χ1) is 18.6. The Morgan fingerprint density at radius 3 is 2.63 bits per heavy atom. The Labute approximate surface area is 223 Å². The number of para-hydroxylation sites is 2. The van der Waals surface area contributed by atoms with Crippen LogP contribution in [0.3, 0.4) is 0 Å². The van der Waals surface area contributed by atoms with Gasteiger partial charge in [-0.15, -0.1) is 5.10 Å². The number of carbonyl (C=O) groups is 2. The number of fused-ring (bicyclic) bond motifs is 1. The Bertz CT molecular complexity index is 1220. The molecule has 1 aromatic heterocycles. The van der Waals surface area contributed by atoms with Crippen LogP contribution in [0.2, 0.25) is 0 Å². The topological polar surface area (TPSA) is 108 Å². The van der Waals surface area contributed by atoms with Crippen LogP contribution in [0.5, 0.6) is 11.5 Å². The summed E-state index contributed by atoms with van der Waals surface area (Å²) in [5.41, 5.74) is 2.02. The molecule has 0 spiro atoms. The molecule has 10 nitrogen and oxygen atoms in total. The summed E-state index contributed by atoms with van der Waals surface area (Å²) in [7, 11) is 3.09. The molecule has 3 aromatic rings. The summed E-state index contributed by atoms with van der Waals surface area (Å²) in [5, 5.41) is 11.6. The Morgan fingerprint density at radius 2 is 1.89 bits per heavy atom. The lowest BCUT2D eigenvalue weighted by Gasteiger charge is -2.33. The second-order valence-corrected chi connectivity index (χ2v) is 9.35. The van der Waals surface area contributed by atoms with Crippen LogP contribution in [0.4, 0.5) is 0 Å². The minimum absolute atomic E-state index is 0.0609. The molecule has 1 aliphatic carbocycles. The zero-order chi connectivity index (χ0) is 26.9. The van der Waals surface area contributed by atoms with E-state index < -0.39 is 6.04 Å². The van der Waals surface area contributed by atoms with E-state index in [-0.39, 0.29) is 24.4 Å². The lowest BCUT2D eigenvalue weighted by Crippen LogP contribution is -2.47. The van der Waals surface area contributed by atoms with Gasteiger partial charge in [0.05, 0.1) is 19.7 Å². The fourth-order valence-corrected chi connectivity index (χ4v) is 5.06. The van der Waals surface area contributed by atoms with E-state index >= 15 is 0 Å². The molecule has 2 aromatic carbocycles. The Morgan fingerprint density at radius 1 is 1.11 bits per heavy atom. The van der Waals surface area contributed by atoms with E-state index in [4.69, 9.17) is 14.2 Å². The molecule has 1 aliphatic rings. The number of aromatic nitrogens is 3. The maximum atomic E-state index is 14.0. The summed E-state index contributed by atoms with van der Waals surface area (Å²) in [6.45, 7) is 3.23. The second-order valence-electron chi connectivity index (χ2n) is 9.35. The Hall–Kier alpha value is -3.66. The number of rotatable bonds is 13.